The number of rotatable bonds is 11. The van der Waals surface area contributed by atoms with Crippen LogP contribution in [0.15, 0.2) is 66.7 Å². The molecule has 0 aliphatic carbocycles. The number of halogens is 1. The van der Waals surface area contributed by atoms with Gasteiger partial charge in [0.2, 0.25) is 5.91 Å². The van der Waals surface area contributed by atoms with Crippen molar-refractivity contribution in [1.29, 1.82) is 0 Å². The number of fused-ring (bicyclic) bond motifs is 1. The summed E-state index contributed by atoms with van der Waals surface area (Å²) in [6.45, 7) is 1.14. The Bertz CT molecular complexity index is 1330. The van der Waals surface area contributed by atoms with Crippen LogP contribution in [0.25, 0.3) is 11.1 Å². The van der Waals surface area contributed by atoms with Gasteiger partial charge in [-0.25, -0.2) is 4.79 Å². The molecule has 3 aromatic carbocycles. The quantitative estimate of drug-likeness (QED) is 0.290. The van der Waals surface area contributed by atoms with Crippen LogP contribution in [0.5, 0.6) is 5.75 Å². The van der Waals surface area contributed by atoms with Crippen molar-refractivity contribution >= 4 is 35.3 Å². The molecule has 0 bridgehead atoms. The van der Waals surface area contributed by atoms with E-state index in [0.29, 0.717) is 36.8 Å². The summed E-state index contributed by atoms with van der Waals surface area (Å²) in [5.41, 5.74) is 4.87. The second kappa shape index (κ2) is 13.7. The molecule has 0 atom stereocenters. The fourth-order valence-electron chi connectivity index (χ4n) is 4.56. The van der Waals surface area contributed by atoms with Crippen molar-refractivity contribution in [3.8, 4) is 16.9 Å². The van der Waals surface area contributed by atoms with Crippen LogP contribution >= 0.6 is 11.6 Å². The zero-order valence-electron chi connectivity index (χ0n) is 21.5. The normalized spacial score (nSPS) is 12.4. The standard InChI is InChI=1S/C30H31ClN2O6/c31-25-11-1-2-13-27(25)38-18-6-14-28(34)33-17-5-10-24-23(9-4-12-26(24)33)22-8-3-7-21(19-22)20-39-30(37)32-16-15-29(35)36/h1-4,7-9,11-13,19H,5-6,10,14-18,20H2,(H,32,37)(H,35,36). The van der Waals surface area contributed by atoms with E-state index in [2.05, 4.69) is 5.32 Å². The predicted molar refractivity (Wildman–Crippen MR) is 149 cm³/mol. The van der Waals surface area contributed by atoms with E-state index in [4.69, 9.17) is 26.2 Å². The van der Waals surface area contributed by atoms with Gasteiger partial charge in [-0.1, -0.05) is 54.1 Å². The predicted octanol–water partition coefficient (Wildman–Crippen LogP) is 5.85. The number of carboxylic acid groups (broad SMARTS) is 1. The number of benzene rings is 3. The van der Waals surface area contributed by atoms with Crippen molar-refractivity contribution in [3.63, 3.8) is 0 Å². The number of para-hydroxylation sites is 1. The Kier molecular flexibility index (Phi) is 9.80. The van der Waals surface area contributed by atoms with Crippen molar-refractivity contribution in [2.24, 2.45) is 0 Å². The van der Waals surface area contributed by atoms with Gasteiger partial charge in [-0.15, -0.1) is 0 Å². The summed E-state index contributed by atoms with van der Waals surface area (Å²) in [5, 5.41) is 11.7. The molecular weight excluding hydrogens is 520 g/mol. The molecule has 0 fully saturated rings. The van der Waals surface area contributed by atoms with E-state index in [-0.39, 0.29) is 25.5 Å². The number of alkyl carbamates (subject to hydrolysis) is 1. The Hall–Kier alpha value is -4.04. The SMILES string of the molecule is O=C(O)CCNC(=O)OCc1cccc(-c2cccc3c2CCCN3C(=O)CCCOc2ccccc2Cl)c1. The highest BCUT2D eigenvalue weighted by atomic mass is 35.5. The third-order valence-corrected chi connectivity index (χ3v) is 6.71. The maximum Gasteiger partial charge on any atom is 0.407 e. The smallest absolute Gasteiger partial charge is 0.407 e. The first-order valence-electron chi connectivity index (χ1n) is 12.9. The van der Waals surface area contributed by atoms with Gasteiger partial charge in [-0.2, -0.15) is 0 Å². The molecule has 0 aromatic heterocycles. The van der Waals surface area contributed by atoms with Crippen LogP contribution in [0.3, 0.4) is 0 Å². The van der Waals surface area contributed by atoms with E-state index in [1.807, 2.05) is 65.6 Å². The number of aliphatic carboxylic acids is 1. The van der Waals surface area contributed by atoms with E-state index >= 15 is 0 Å². The number of hydrogen-bond acceptors (Lipinski definition) is 5. The minimum absolute atomic E-state index is 0.00792. The van der Waals surface area contributed by atoms with Crippen LogP contribution in [0, 0.1) is 0 Å². The van der Waals surface area contributed by atoms with Gasteiger partial charge >= 0.3 is 12.1 Å². The third-order valence-electron chi connectivity index (χ3n) is 6.40. The van der Waals surface area contributed by atoms with Gasteiger partial charge in [0.05, 0.1) is 18.1 Å². The Morgan fingerprint density at radius 1 is 1.00 bits per heavy atom. The average molecular weight is 551 g/mol. The number of ether oxygens (including phenoxy) is 2. The molecule has 0 unspecified atom stereocenters. The number of hydrogen-bond donors (Lipinski definition) is 2. The molecule has 2 N–H and O–H groups in total. The molecule has 4 rings (SSSR count). The summed E-state index contributed by atoms with van der Waals surface area (Å²) in [5.74, 6) is -0.310. The molecular formula is C30H31ClN2O6. The van der Waals surface area contributed by atoms with Gasteiger partial charge in [0, 0.05) is 25.2 Å². The molecule has 39 heavy (non-hydrogen) atoms. The van der Waals surface area contributed by atoms with Crippen molar-refractivity contribution in [1.82, 2.24) is 5.32 Å². The van der Waals surface area contributed by atoms with Gasteiger partial charge < -0.3 is 24.8 Å². The lowest BCUT2D eigenvalue weighted by Gasteiger charge is -2.31. The average Bonchev–Trinajstić information content (AvgIpc) is 2.94. The first kappa shape index (κ1) is 28.0. The fourth-order valence-corrected chi connectivity index (χ4v) is 4.75. The Morgan fingerprint density at radius 3 is 2.64 bits per heavy atom. The molecule has 2 amide bonds. The van der Waals surface area contributed by atoms with Gasteiger partial charge in [0.1, 0.15) is 12.4 Å². The lowest BCUT2D eigenvalue weighted by Crippen LogP contribution is -2.35. The van der Waals surface area contributed by atoms with Crippen molar-refractivity contribution in [2.45, 2.75) is 38.7 Å². The second-order valence-electron chi connectivity index (χ2n) is 9.18. The van der Waals surface area contributed by atoms with E-state index in [1.54, 1.807) is 6.07 Å². The number of nitrogens with one attached hydrogen (secondary N) is 1. The fraction of sp³-hybridized carbons (Fsp3) is 0.300. The Labute approximate surface area is 232 Å². The summed E-state index contributed by atoms with van der Waals surface area (Å²) >= 11 is 6.14. The van der Waals surface area contributed by atoms with Crippen molar-refractivity contribution in [3.05, 3.63) is 82.9 Å². The van der Waals surface area contributed by atoms with Gasteiger partial charge in [0.25, 0.3) is 0 Å². The molecule has 1 aliphatic heterocycles. The van der Waals surface area contributed by atoms with Crippen molar-refractivity contribution in [2.75, 3.05) is 24.6 Å². The highest BCUT2D eigenvalue weighted by Gasteiger charge is 2.24. The lowest BCUT2D eigenvalue weighted by molar-refractivity contribution is -0.136. The summed E-state index contributed by atoms with van der Waals surface area (Å²) in [4.78, 5) is 37.5. The maximum atomic E-state index is 13.2. The number of carbonyl (C=O) groups is 3. The highest BCUT2D eigenvalue weighted by molar-refractivity contribution is 6.32. The summed E-state index contributed by atoms with van der Waals surface area (Å²) < 4.78 is 11.0. The Morgan fingerprint density at radius 2 is 1.82 bits per heavy atom. The molecule has 8 nitrogen and oxygen atoms in total. The lowest BCUT2D eigenvalue weighted by atomic mass is 9.91. The zero-order valence-corrected chi connectivity index (χ0v) is 22.3. The summed E-state index contributed by atoms with van der Waals surface area (Å²) in [6, 6.07) is 21.0. The third kappa shape index (κ3) is 7.74. The van der Waals surface area contributed by atoms with Crippen LogP contribution in [0.2, 0.25) is 5.02 Å². The molecule has 1 aliphatic rings. The van der Waals surface area contributed by atoms with E-state index in [9.17, 15) is 14.4 Å². The number of nitrogens with zero attached hydrogens (tertiary/aromatic N) is 1. The zero-order chi connectivity index (χ0) is 27.6. The number of amides is 2. The summed E-state index contributed by atoms with van der Waals surface area (Å²) in [6.07, 6.45) is 1.85. The number of carboxylic acids is 1. The molecule has 204 valence electrons. The molecule has 0 spiro atoms. The van der Waals surface area contributed by atoms with Crippen LogP contribution in [-0.2, 0) is 27.4 Å². The highest BCUT2D eigenvalue weighted by Crippen LogP contribution is 2.36. The minimum Gasteiger partial charge on any atom is -0.492 e. The molecule has 3 aromatic rings. The topological polar surface area (TPSA) is 105 Å². The number of anilines is 1. The van der Waals surface area contributed by atoms with E-state index in [1.165, 1.54) is 0 Å². The first-order chi connectivity index (χ1) is 18.9. The monoisotopic (exact) mass is 550 g/mol. The van der Waals surface area contributed by atoms with Gasteiger partial charge in [-0.05, 0) is 65.8 Å². The number of carbonyl (C=O) groups excluding carboxylic acids is 2. The van der Waals surface area contributed by atoms with Gasteiger partial charge in [-0.3, -0.25) is 9.59 Å². The Balaban J connectivity index is 1.38. The van der Waals surface area contributed by atoms with Crippen molar-refractivity contribution < 1.29 is 29.0 Å². The summed E-state index contributed by atoms with van der Waals surface area (Å²) in [7, 11) is 0. The van der Waals surface area contributed by atoms with Crippen LogP contribution in [-0.4, -0.2) is 42.8 Å². The minimum atomic E-state index is -0.989. The molecule has 0 saturated carbocycles. The molecule has 9 heteroatoms. The van der Waals surface area contributed by atoms with Gasteiger partial charge in [0.15, 0.2) is 0 Å². The van der Waals surface area contributed by atoms with Crippen LogP contribution in [0.1, 0.15) is 36.8 Å². The van der Waals surface area contributed by atoms with E-state index in [0.717, 1.165) is 40.8 Å². The first-order valence-corrected chi connectivity index (χ1v) is 13.3. The molecule has 1 heterocycles. The molecule has 0 radical (unpaired) electrons. The second-order valence-corrected chi connectivity index (χ2v) is 9.59. The van der Waals surface area contributed by atoms with E-state index < -0.39 is 12.1 Å². The molecule has 0 saturated heterocycles. The largest absolute Gasteiger partial charge is 0.492 e. The van der Waals surface area contributed by atoms with Crippen LogP contribution in [0.4, 0.5) is 10.5 Å². The van der Waals surface area contributed by atoms with Crippen LogP contribution < -0.4 is 15.0 Å². The maximum absolute atomic E-state index is 13.2.